The highest BCUT2D eigenvalue weighted by Gasteiger charge is 2.15. The average Bonchev–Trinajstić information content (AvgIpc) is 2.23. The number of hydrogen-bond donors (Lipinski definition) is 2. The van der Waals surface area contributed by atoms with Gasteiger partial charge in [0.2, 0.25) is 0 Å². The molecule has 0 spiro atoms. The van der Waals surface area contributed by atoms with E-state index in [1.54, 1.807) is 0 Å². The molecule has 4 nitrogen and oxygen atoms in total. The minimum absolute atomic E-state index is 0.160. The Kier molecular flexibility index (Phi) is 4.96. The van der Waals surface area contributed by atoms with Gasteiger partial charge in [0.1, 0.15) is 17.3 Å². The van der Waals surface area contributed by atoms with Crippen LogP contribution in [-0.2, 0) is 0 Å². The van der Waals surface area contributed by atoms with Gasteiger partial charge in [0, 0.05) is 18.2 Å². The van der Waals surface area contributed by atoms with Crippen molar-refractivity contribution in [2.45, 2.75) is 33.2 Å². The van der Waals surface area contributed by atoms with Gasteiger partial charge in [-0.15, -0.1) is 0 Å². The first-order valence-corrected chi connectivity index (χ1v) is 5.78. The SMILES string of the molecule is Cc1c(Cl)ncnc1NC(CCO)C(C)C. The molecule has 5 heteroatoms. The second kappa shape index (κ2) is 6.01. The molecule has 90 valence electrons. The topological polar surface area (TPSA) is 58.0 Å². The summed E-state index contributed by atoms with van der Waals surface area (Å²) in [5.41, 5.74) is 0.841. The standard InChI is InChI=1S/C11H18ClN3O/c1-7(2)9(4-5-16)15-11-8(3)10(12)13-6-14-11/h6-7,9,16H,4-5H2,1-3H3,(H,13,14,15). The summed E-state index contributed by atoms with van der Waals surface area (Å²) in [5.74, 6) is 1.16. The zero-order chi connectivity index (χ0) is 12.1. The summed E-state index contributed by atoms with van der Waals surface area (Å²) in [6, 6.07) is 0.190. The van der Waals surface area contributed by atoms with Crippen LogP contribution in [0.15, 0.2) is 6.33 Å². The normalized spacial score (nSPS) is 12.9. The molecule has 0 aliphatic rings. The molecule has 0 aromatic carbocycles. The molecule has 16 heavy (non-hydrogen) atoms. The van der Waals surface area contributed by atoms with Crippen molar-refractivity contribution < 1.29 is 5.11 Å². The first-order valence-electron chi connectivity index (χ1n) is 5.40. The van der Waals surface area contributed by atoms with Crippen molar-refractivity contribution in [2.24, 2.45) is 5.92 Å². The van der Waals surface area contributed by atoms with E-state index in [1.165, 1.54) is 6.33 Å². The summed E-state index contributed by atoms with van der Waals surface area (Å²) in [6.07, 6.45) is 2.13. The molecule has 0 bridgehead atoms. The van der Waals surface area contributed by atoms with E-state index in [4.69, 9.17) is 16.7 Å². The van der Waals surface area contributed by atoms with E-state index in [1.807, 2.05) is 6.92 Å². The minimum Gasteiger partial charge on any atom is -0.396 e. The van der Waals surface area contributed by atoms with Crippen molar-refractivity contribution in [3.05, 3.63) is 17.0 Å². The monoisotopic (exact) mass is 243 g/mol. The van der Waals surface area contributed by atoms with Gasteiger partial charge >= 0.3 is 0 Å². The zero-order valence-electron chi connectivity index (χ0n) is 9.87. The number of nitrogens with zero attached hydrogens (tertiary/aromatic N) is 2. The van der Waals surface area contributed by atoms with E-state index in [9.17, 15) is 0 Å². The first-order chi connectivity index (χ1) is 7.56. The molecule has 0 amide bonds. The lowest BCUT2D eigenvalue weighted by molar-refractivity contribution is 0.267. The molecule has 1 aromatic rings. The van der Waals surface area contributed by atoms with Gasteiger partial charge in [-0.1, -0.05) is 25.4 Å². The minimum atomic E-state index is 0.160. The number of nitrogens with one attached hydrogen (secondary N) is 1. The van der Waals surface area contributed by atoms with Crippen LogP contribution < -0.4 is 5.32 Å². The van der Waals surface area contributed by atoms with Gasteiger partial charge in [0.05, 0.1) is 0 Å². The number of anilines is 1. The lowest BCUT2D eigenvalue weighted by Gasteiger charge is -2.23. The van der Waals surface area contributed by atoms with Crippen LogP contribution in [0.25, 0.3) is 0 Å². The number of hydrogen-bond acceptors (Lipinski definition) is 4. The molecular weight excluding hydrogens is 226 g/mol. The van der Waals surface area contributed by atoms with Gasteiger partial charge < -0.3 is 10.4 Å². The van der Waals surface area contributed by atoms with Crippen molar-refractivity contribution in [1.29, 1.82) is 0 Å². The third kappa shape index (κ3) is 3.32. The molecule has 1 aromatic heterocycles. The Balaban J connectivity index is 2.81. The van der Waals surface area contributed by atoms with Crippen LogP contribution >= 0.6 is 11.6 Å². The Morgan fingerprint density at radius 2 is 2.12 bits per heavy atom. The lowest BCUT2D eigenvalue weighted by Crippen LogP contribution is -2.27. The Bertz CT molecular complexity index is 344. The number of aliphatic hydroxyl groups excluding tert-OH is 1. The third-order valence-corrected chi connectivity index (χ3v) is 2.97. The zero-order valence-corrected chi connectivity index (χ0v) is 10.6. The highest BCUT2D eigenvalue weighted by molar-refractivity contribution is 6.30. The van der Waals surface area contributed by atoms with Gasteiger partial charge in [-0.25, -0.2) is 9.97 Å². The van der Waals surface area contributed by atoms with Crippen molar-refractivity contribution >= 4 is 17.4 Å². The van der Waals surface area contributed by atoms with Crippen molar-refractivity contribution in [1.82, 2.24) is 9.97 Å². The Morgan fingerprint density at radius 3 is 2.69 bits per heavy atom. The van der Waals surface area contributed by atoms with Crippen molar-refractivity contribution in [3.8, 4) is 0 Å². The predicted octanol–water partition coefficient (Wildman–Crippen LogP) is 2.26. The molecule has 2 N–H and O–H groups in total. The van der Waals surface area contributed by atoms with Crippen LogP contribution in [0.1, 0.15) is 25.8 Å². The molecule has 0 aliphatic heterocycles. The average molecular weight is 244 g/mol. The molecule has 0 radical (unpaired) electrons. The van der Waals surface area contributed by atoms with Gasteiger partial charge in [-0.05, 0) is 19.3 Å². The summed E-state index contributed by atoms with van der Waals surface area (Å²) >= 11 is 5.91. The number of rotatable bonds is 5. The van der Waals surface area contributed by atoms with Crippen molar-refractivity contribution in [3.63, 3.8) is 0 Å². The van der Waals surface area contributed by atoms with Crippen LogP contribution in [0.4, 0.5) is 5.82 Å². The molecular formula is C11H18ClN3O. The summed E-state index contributed by atoms with van der Waals surface area (Å²) in [6.45, 7) is 6.24. The first kappa shape index (κ1) is 13.2. The Morgan fingerprint density at radius 1 is 1.44 bits per heavy atom. The van der Waals surface area contributed by atoms with E-state index >= 15 is 0 Å². The Hall–Kier alpha value is -0.870. The molecule has 0 saturated carbocycles. The van der Waals surface area contributed by atoms with E-state index in [2.05, 4.69) is 29.1 Å². The third-order valence-electron chi connectivity index (χ3n) is 2.59. The highest BCUT2D eigenvalue weighted by Crippen LogP contribution is 2.20. The summed E-state index contributed by atoms with van der Waals surface area (Å²) < 4.78 is 0. The smallest absolute Gasteiger partial charge is 0.137 e. The molecule has 1 heterocycles. The maximum Gasteiger partial charge on any atom is 0.137 e. The summed E-state index contributed by atoms with van der Waals surface area (Å²) in [7, 11) is 0. The van der Waals surface area contributed by atoms with Crippen LogP contribution in [0.3, 0.4) is 0 Å². The van der Waals surface area contributed by atoms with E-state index in [-0.39, 0.29) is 12.6 Å². The maximum absolute atomic E-state index is 8.99. The number of aromatic nitrogens is 2. The maximum atomic E-state index is 8.99. The fraction of sp³-hybridized carbons (Fsp3) is 0.636. The molecule has 1 rings (SSSR count). The van der Waals surface area contributed by atoms with E-state index < -0.39 is 0 Å². The van der Waals surface area contributed by atoms with Gasteiger partial charge in [0.25, 0.3) is 0 Å². The molecule has 0 fully saturated rings. The quantitative estimate of drug-likeness (QED) is 0.779. The largest absolute Gasteiger partial charge is 0.396 e. The van der Waals surface area contributed by atoms with Crippen LogP contribution in [-0.4, -0.2) is 27.7 Å². The summed E-state index contributed by atoms with van der Waals surface area (Å²) in [5, 5.41) is 12.7. The molecule has 0 aliphatic carbocycles. The second-order valence-electron chi connectivity index (χ2n) is 4.15. The van der Waals surface area contributed by atoms with Gasteiger partial charge in [-0.3, -0.25) is 0 Å². The second-order valence-corrected chi connectivity index (χ2v) is 4.50. The van der Waals surface area contributed by atoms with Gasteiger partial charge in [0.15, 0.2) is 0 Å². The highest BCUT2D eigenvalue weighted by atomic mass is 35.5. The van der Waals surface area contributed by atoms with Crippen LogP contribution in [0.5, 0.6) is 0 Å². The fourth-order valence-corrected chi connectivity index (χ4v) is 1.59. The molecule has 1 atom stereocenters. The number of halogens is 1. The lowest BCUT2D eigenvalue weighted by atomic mass is 10.0. The van der Waals surface area contributed by atoms with Gasteiger partial charge in [-0.2, -0.15) is 0 Å². The molecule has 1 unspecified atom stereocenters. The predicted molar refractivity (Wildman–Crippen MR) is 65.7 cm³/mol. The fourth-order valence-electron chi connectivity index (χ4n) is 1.46. The van der Waals surface area contributed by atoms with Crippen LogP contribution in [0, 0.1) is 12.8 Å². The number of aliphatic hydroxyl groups is 1. The van der Waals surface area contributed by atoms with E-state index in [0.29, 0.717) is 17.5 Å². The van der Waals surface area contributed by atoms with E-state index in [0.717, 1.165) is 11.4 Å². The van der Waals surface area contributed by atoms with Crippen LogP contribution in [0.2, 0.25) is 5.15 Å². The summed E-state index contributed by atoms with van der Waals surface area (Å²) in [4.78, 5) is 8.06. The van der Waals surface area contributed by atoms with Crippen molar-refractivity contribution in [2.75, 3.05) is 11.9 Å². The molecule has 0 saturated heterocycles. The Labute approximate surface area is 101 Å².